The van der Waals surface area contributed by atoms with Gasteiger partial charge in [0, 0.05) is 34.2 Å². The van der Waals surface area contributed by atoms with Gasteiger partial charge in [-0.1, -0.05) is 0 Å². The van der Waals surface area contributed by atoms with Crippen molar-refractivity contribution in [2.45, 2.75) is 18.4 Å². The molecule has 0 aliphatic heterocycles. The summed E-state index contributed by atoms with van der Waals surface area (Å²) >= 11 is 1.51. The Kier molecular flexibility index (Phi) is 5.11. The molecule has 0 saturated heterocycles. The van der Waals surface area contributed by atoms with E-state index in [0.717, 1.165) is 28.3 Å². The number of amides is 1. The van der Waals surface area contributed by atoms with Crippen molar-refractivity contribution < 1.29 is 9.53 Å². The van der Waals surface area contributed by atoms with Crippen molar-refractivity contribution in [3.8, 4) is 5.75 Å². The molecule has 1 N–H and O–H groups in total. The van der Waals surface area contributed by atoms with Crippen molar-refractivity contribution in [2.24, 2.45) is 0 Å². The predicted molar refractivity (Wildman–Crippen MR) is 100.0 cm³/mol. The van der Waals surface area contributed by atoms with E-state index in [2.05, 4.69) is 29.1 Å². The SMILES string of the molecule is CCn1ccc2cc(NC(=O)CSc3ccc(OC)cc3)ccc21. The fourth-order valence-corrected chi connectivity index (χ4v) is 3.27. The Bertz CT molecular complexity index is 840. The maximum atomic E-state index is 12.1. The largest absolute Gasteiger partial charge is 0.497 e. The van der Waals surface area contributed by atoms with E-state index in [1.807, 2.05) is 42.5 Å². The Labute approximate surface area is 145 Å². The number of rotatable bonds is 6. The molecule has 3 aromatic rings. The smallest absolute Gasteiger partial charge is 0.234 e. The van der Waals surface area contributed by atoms with Crippen LogP contribution < -0.4 is 10.1 Å². The van der Waals surface area contributed by atoms with Crippen LogP contribution in [0.1, 0.15) is 6.92 Å². The van der Waals surface area contributed by atoms with E-state index in [4.69, 9.17) is 4.74 Å². The summed E-state index contributed by atoms with van der Waals surface area (Å²) in [7, 11) is 1.64. The van der Waals surface area contributed by atoms with Gasteiger partial charge in [-0.2, -0.15) is 0 Å². The number of carbonyl (C=O) groups excluding carboxylic acids is 1. The van der Waals surface area contributed by atoms with Crippen LogP contribution >= 0.6 is 11.8 Å². The van der Waals surface area contributed by atoms with E-state index in [-0.39, 0.29) is 5.91 Å². The van der Waals surface area contributed by atoms with Crippen LogP contribution in [0.2, 0.25) is 0 Å². The molecule has 24 heavy (non-hydrogen) atoms. The second kappa shape index (κ2) is 7.45. The van der Waals surface area contributed by atoms with Gasteiger partial charge in [-0.25, -0.2) is 0 Å². The molecular weight excluding hydrogens is 320 g/mol. The van der Waals surface area contributed by atoms with Crippen LogP contribution in [-0.4, -0.2) is 23.3 Å². The number of methoxy groups -OCH3 is 1. The first-order valence-corrected chi connectivity index (χ1v) is 8.83. The van der Waals surface area contributed by atoms with E-state index >= 15 is 0 Å². The van der Waals surface area contributed by atoms with Gasteiger partial charge in [0.2, 0.25) is 5.91 Å². The molecule has 0 unspecified atom stereocenters. The highest BCUT2D eigenvalue weighted by Crippen LogP contribution is 2.23. The summed E-state index contributed by atoms with van der Waals surface area (Å²) in [5, 5.41) is 4.10. The topological polar surface area (TPSA) is 43.3 Å². The standard InChI is InChI=1S/C19H20N2O2S/c1-3-21-11-10-14-12-15(4-9-18(14)21)20-19(22)13-24-17-7-5-16(23-2)6-8-17/h4-12H,3,13H2,1-2H3,(H,20,22). The number of nitrogens with one attached hydrogen (secondary N) is 1. The van der Waals surface area contributed by atoms with Crippen molar-refractivity contribution in [1.82, 2.24) is 4.57 Å². The van der Waals surface area contributed by atoms with Crippen LogP contribution in [-0.2, 0) is 11.3 Å². The zero-order chi connectivity index (χ0) is 16.9. The number of carbonyl (C=O) groups is 1. The summed E-state index contributed by atoms with van der Waals surface area (Å²) in [5.74, 6) is 1.18. The summed E-state index contributed by atoms with van der Waals surface area (Å²) in [5.41, 5.74) is 2.01. The Morgan fingerprint density at radius 2 is 1.96 bits per heavy atom. The van der Waals surface area contributed by atoms with Crippen molar-refractivity contribution in [2.75, 3.05) is 18.2 Å². The van der Waals surface area contributed by atoms with Crippen LogP contribution in [0.15, 0.2) is 59.6 Å². The number of hydrogen-bond acceptors (Lipinski definition) is 3. The average Bonchev–Trinajstić information content (AvgIpc) is 3.02. The minimum Gasteiger partial charge on any atom is -0.497 e. The fourth-order valence-electron chi connectivity index (χ4n) is 2.57. The lowest BCUT2D eigenvalue weighted by Crippen LogP contribution is -2.13. The van der Waals surface area contributed by atoms with Gasteiger partial charge in [0.25, 0.3) is 0 Å². The molecule has 3 rings (SSSR count). The molecule has 2 aromatic carbocycles. The minimum absolute atomic E-state index is 0.00917. The molecule has 5 heteroatoms. The van der Waals surface area contributed by atoms with E-state index in [1.165, 1.54) is 17.3 Å². The Hall–Kier alpha value is -2.40. The number of benzene rings is 2. The monoisotopic (exact) mass is 340 g/mol. The van der Waals surface area contributed by atoms with Gasteiger partial charge in [0.15, 0.2) is 0 Å². The highest BCUT2D eigenvalue weighted by atomic mass is 32.2. The first-order valence-electron chi connectivity index (χ1n) is 7.85. The zero-order valence-electron chi connectivity index (χ0n) is 13.8. The number of aryl methyl sites for hydroxylation is 1. The summed E-state index contributed by atoms with van der Waals surface area (Å²) < 4.78 is 7.31. The van der Waals surface area contributed by atoms with E-state index in [9.17, 15) is 4.79 Å². The lowest BCUT2D eigenvalue weighted by Gasteiger charge is -2.07. The maximum Gasteiger partial charge on any atom is 0.234 e. The van der Waals surface area contributed by atoms with Crippen LogP contribution in [0.5, 0.6) is 5.75 Å². The lowest BCUT2D eigenvalue weighted by molar-refractivity contribution is -0.113. The van der Waals surface area contributed by atoms with Crippen molar-refractivity contribution in [1.29, 1.82) is 0 Å². The second-order valence-corrected chi connectivity index (χ2v) is 6.44. The molecule has 124 valence electrons. The molecule has 0 saturated carbocycles. The molecule has 0 atom stereocenters. The predicted octanol–water partition coefficient (Wildman–Crippen LogP) is 4.40. The number of hydrogen-bond donors (Lipinski definition) is 1. The molecule has 1 aromatic heterocycles. The van der Waals surface area contributed by atoms with Gasteiger partial charge < -0.3 is 14.6 Å². The molecule has 1 amide bonds. The fraction of sp³-hybridized carbons (Fsp3) is 0.211. The van der Waals surface area contributed by atoms with Crippen molar-refractivity contribution in [3.05, 3.63) is 54.7 Å². The second-order valence-electron chi connectivity index (χ2n) is 5.39. The minimum atomic E-state index is -0.00917. The molecule has 0 aliphatic carbocycles. The van der Waals surface area contributed by atoms with Gasteiger partial charge in [0.1, 0.15) is 5.75 Å². The van der Waals surface area contributed by atoms with Crippen LogP contribution in [0.25, 0.3) is 10.9 Å². The van der Waals surface area contributed by atoms with Crippen molar-refractivity contribution >= 4 is 34.3 Å². The lowest BCUT2D eigenvalue weighted by atomic mass is 10.2. The third-order valence-corrected chi connectivity index (χ3v) is 4.84. The summed E-state index contributed by atoms with van der Waals surface area (Å²) in [6.07, 6.45) is 2.07. The molecule has 0 spiro atoms. The maximum absolute atomic E-state index is 12.1. The number of ether oxygens (including phenoxy) is 1. The first kappa shape index (κ1) is 16.5. The molecule has 0 aliphatic rings. The molecule has 0 radical (unpaired) electrons. The molecule has 4 nitrogen and oxygen atoms in total. The van der Waals surface area contributed by atoms with Crippen LogP contribution in [0, 0.1) is 0 Å². The Morgan fingerprint density at radius 3 is 2.67 bits per heavy atom. The van der Waals surface area contributed by atoms with Crippen LogP contribution in [0.3, 0.4) is 0 Å². The number of fused-ring (bicyclic) bond motifs is 1. The quantitative estimate of drug-likeness (QED) is 0.676. The van der Waals surface area contributed by atoms with Gasteiger partial charge in [-0.3, -0.25) is 4.79 Å². The molecule has 0 fully saturated rings. The highest BCUT2D eigenvalue weighted by molar-refractivity contribution is 8.00. The first-order chi connectivity index (χ1) is 11.7. The summed E-state index contributed by atoms with van der Waals surface area (Å²) in [6, 6.07) is 15.8. The van der Waals surface area contributed by atoms with Gasteiger partial charge in [0.05, 0.1) is 12.9 Å². The Balaban J connectivity index is 1.59. The normalized spacial score (nSPS) is 10.8. The van der Waals surface area contributed by atoms with E-state index < -0.39 is 0 Å². The highest BCUT2D eigenvalue weighted by Gasteiger charge is 2.06. The number of anilines is 1. The molecule has 0 bridgehead atoms. The molecular formula is C19H20N2O2S. The van der Waals surface area contributed by atoms with Gasteiger partial charge in [-0.05, 0) is 55.5 Å². The van der Waals surface area contributed by atoms with Gasteiger partial charge >= 0.3 is 0 Å². The zero-order valence-corrected chi connectivity index (χ0v) is 14.6. The average molecular weight is 340 g/mol. The molecule has 1 heterocycles. The van der Waals surface area contributed by atoms with E-state index in [0.29, 0.717) is 5.75 Å². The number of nitrogens with zero attached hydrogens (tertiary/aromatic N) is 1. The summed E-state index contributed by atoms with van der Waals surface area (Å²) in [4.78, 5) is 13.2. The van der Waals surface area contributed by atoms with Gasteiger partial charge in [-0.15, -0.1) is 11.8 Å². The number of aromatic nitrogens is 1. The Morgan fingerprint density at radius 1 is 1.17 bits per heavy atom. The van der Waals surface area contributed by atoms with Crippen LogP contribution in [0.4, 0.5) is 5.69 Å². The number of thioether (sulfide) groups is 1. The third-order valence-electron chi connectivity index (χ3n) is 3.82. The summed E-state index contributed by atoms with van der Waals surface area (Å²) in [6.45, 7) is 3.05. The van der Waals surface area contributed by atoms with Crippen molar-refractivity contribution in [3.63, 3.8) is 0 Å². The third kappa shape index (κ3) is 3.74. The van der Waals surface area contributed by atoms with E-state index in [1.54, 1.807) is 7.11 Å².